The molecule has 0 bridgehead atoms. The fraction of sp³-hybridized carbons (Fsp3) is 0.0476. The summed E-state index contributed by atoms with van der Waals surface area (Å²) in [6.07, 6.45) is 1.67. The van der Waals surface area contributed by atoms with E-state index in [9.17, 15) is 9.59 Å². The Morgan fingerprint density at radius 3 is 2.62 bits per heavy atom. The van der Waals surface area contributed by atoms with Crippen LogP contribution in [0.15, 0.2) is 72.2 Å². The van der Waals surface area contributed by atoms with Gasteiger partial charge in [-0.1, -0.05) is 48.5 Å². The molecule has 0 unspecified atom stereocenters. The monoisotopic (exact) mass is 403 g/mol. The zero-order valence-corrected chi connectivity index (χ0v) is 16.1. The van der Waals surface area contributed by atoms with Gasteiger partial charge in [-0.2, -0.15) is 0 Å². The maximum absolute atomic E-state index is 12.2. The number of anilines is 2. The van der Waals surface area contributed by atoms with E-state index in [0.29, 0.717) is 16.3 Å². The van der Waals surface area contributed by atoms with E-state index in [-0.39, 0.29) is 12.5 Å². The van der Waals surface area contributed by atoms with Crippen LogP contribution in [0.4, 0.5) is 15.6 Å². The number of nitrogens with one attached hydrogen (secondary N) is 3. The Balaban J connectivity index is 1.31. The molecule has 0 aliphatic heterocycles. The highest BCUT2D eigenvalue weighted by molar-refractivity contribution is 7.14. The van der Waals surface area contributed by atoms with Crippen molar-refractivity contribution < 1.29 is 9.59 Å². The van der Waals surface area contributed by atoms with Gasteiger partial charge in [0.15, 0.2) is 5.13 Å². The SMILES string of the molecule is O=C(CNC(=O)Nc1nc(-c2ccccc2)cs1)Nc1cccc2cccnc12. The molecule has 4 rings (SSSR count). The Hall–Kier alpha value is -3.78. The van der Waals surface area contributed by atoms with E-state index >= 15 is 0 Å². The highest BCUT2D eigenvalue weighted by Gasteiger charge is 2.10. The first-order valence-electron chi connectivity index (χ1n) is 8.88. The van der Waals surface area contributed by atoms with Crippen LogP contribution in [-0.2, 0) is 4.79 Å². The van der Waals surface area contributed by atoms with Gasteiger partial charge in [0.25, 0.3) is 0 Å². The van der Waals surface area contributed by atoms with Crippen LogP contribution in [0.5, 0.6) is 0 Å². The van der Waals surface area contributed by atoms with Crippen LogP contribution >= 0.6 is 11.3 Å². The van der Waals surface area contributed by atoms with E-state index in [1.165, 1.54) is 11.3 Å². The van der Waals surface area contributed by atoms with Crippen molar-refractivity contribution in [2.75, 3.05) is 17.2 Å². The van der Waals surface area contributed by atoms with Crippen LogP contribution in [0, 0.1) is 0 Å². The van der Waals surface area contributed by atoms with E-state index in [4.69, 9.17) is 0 Å². The summed E-state index contributed by atoms with van der Waals surface area (Å²) in [4.78, 5) is 33.0. The fourth-order valence-corrected chi connectivity index (χ4v) is 3.49. The van der Waals surface area contributed by atoms with Gasteiger partial charge in [-0.15, -0.1) is 11.3 Å². The molecule has 29 heavy (non-hydrogen) atoms. The lowest BCUT2D eigenvalue weighted by atomic mass is 10.2. The van der Waals surface area contributed by atoms with Gasteiger partial charge < -0.3 is 10.6 Å². The molecule has 2 heterocycles. The molecule has 0 spiro atoms. The number of fused-ring (bicyclic) bond motifs is 1. The number of nitrogens with zero attached hydrogens (tertiary/aromatic N) is 2. The third-order valence-electron chi connectivity index (χ3n) is 4.11. The van der Waals surface area contributed by atoms with Gasteiger partial charge in [0.2, 0.25) is 5.91 Å². The van der Waals surface area contributed by atoms with Gasteiger partial charge in [0.05, 0.1) is 23.4 Å². The molecule has 0 aliphatic rings. The van der Waals surface area contributed by atoms with Gasteiger partial charge in [0, 0.05) is 22.5 Å². The third-order valence-corrected chi connectivity index (χ3v) is 4.87. The highest BCUT2D eigenvalue weighted by Crippen LogP contribution is 2.24. The average molecular weight is 403 g/mol. The molecule has 3 N–H and O–H groups in total. The third kappa shape index (κ3) is 4.56. The maximum Gasteiger partial charge on any atom is 0.321 e. The van der Waals surface area contributed by atoms with Crippen LogP contribution in [0.1, 0.15) is 0 Å². The molecule has 144 valence electrons. The molecule has 0 saturated carbocycles. The minimum Gasteiger partial charge on any atom is -0.329 e. The maximum atomic E-state index is 12.2. The van der Waals surface area contributed by atoms with Crippen molar-refractivity contribution in [3.63, 3.8) is 0 Å². The first kappa shape index (κ1) is 18.6. The van der Waals surface area contributed by atoms with Gasteiger partial charge in [0.1, 0.15) is 0 Å². The largest absolute Gasteiger partial charge is 0.329 e. The van der Waals surface area contributed by atoms with Gasteiger partial charge in [-0.05, 0) is 12.1 Å². The number of hydrogen-bond acceptors (Lipinski definition) is 5. The molecule has 8 heteroatoms. The molecule has 0 aliphatic carbocycles. The second-order valence-corrected chi connectivity index (χ2v) is 7.00. The lowest BCUT2D eigenvalue weighted by molar-refractivity contribution is -0.115. The molecule has 0 saturated heterocycles. The lowest BCUT2D eigenvalue weighted by Gasteiger charge is -2.09. The number of amides is 3. The summed E-state index contributed by atoms with van der Waals surface area (Å²) in [5.41, 5.74) is 3.05. The van der Waals surface area contributed by atoms with E-state index in [1.807, 2.05) is 60.0 Å². The summed E-state index contributed by atoms with van der Waals surface area (Å²) in [7, 11) is 0. The molecular weight excluding hydrogens is 386 g/mol. The van der Waals surface area contributed by atoms with Crippen LogP contribution in [0.2, 0.25) is 0 Å². The lowest BCUT2D eigenvalue weighted by Crippen LogP contribution is -2.35. The van der Waals surface area contributed by atoms with E-state index in [1.54, 1.807) is 12.3 Å². The average Bonchev–Trinajstić information content (AvgIpc) is 3.22. The van der Waals surface area contributed by atoms with Crippen LogP contribution in [0.3, 0.4) is 0 Å². The number of thiazole rings is 1. The number of aromatic nitrogens is 2. The molecule has 0 fully saturated rings. The van der Waals surface area contributed by atoms with Gasteiger partial charge >= 0.3 is 6.03 Å². The zero-order chi connectivity index (χ0) is 20.1. The number of carbonyl (C=O) groups is 2. The number of hydrogen-bond donors (Lipinski definition) is 3. The Bertz CT molecular complexity index is 1150. The Kier molecular flexibility index (Phi) is 5.44. The number of para-hydroxylation sites is 1. The van der Waals surface area contributed by atoms with Crippen molar-refractivity contribution in [2.24, 2.45) is 0 Å². The first-order valence-corrected chi connectivity index (χ1v) is 9.76. The topological polar surface area (TPSA) is 96.0 Å². The van der Waals surface area contributed by atoms with E-state index < -0.39 is 6.03 Å². The predicted molar refractivity (Wildman–Crippen MR) is 115 cm³/mol. The van der Waals surface area contributed by atoms with Crippen molar-refractivity contribution >= 4 is 45.0 Å². The summed E-state index contributed by atoms with van der Waals surface area (Å²) in [5, 5.41) is 11.2. The second-order valence-electron chi connectivity index (χ2n) is 6.14. The van der Waals surface area contributed by atoms with Crippen LogP contribution in [-0.4, -0.2) is 28.5 Å². The van der Waals surface area contributed by atoms with Gasteiger partial charge in [-0.3, -0.25) is 15.1 Å². The fourth-order valence-electron chi connectivity index (χ4n) is 2.77. The zero-order valence-electron chi connectivity index (χ0n) is 15.3. The highest BCUT2D eigenvalue weighted by atomic mass is 32.1. The summed E-state index contributed by atoms with van der Waals surface area (Å²) in [6, 6.07) is 18.5. The van der Waals surface area contributed by atoms with E-state index in [2.05, 4.69) is 25.9 Å². The number of rotatable bonds is 5. The molecule has 2 aromatic carbocycles. The van der Waals surface area contributed by atoms with Crippen LogP contribution in [0.25, 0.3) is 22.2 Å². The molecule has 3 amide bonds. The molecule has 0 atom stereocenters. The Morgan fingerprint density at radius 2 is 1.76 bits per heavy atom. The number of carbonyl (C=O) groups excluding carboxylic acids is 2. The molecule has 0 radical (unpaired) electrons. The van der Waals surface area contributed by atoms with Crippen molar-refractivity contribution in [1.29, 1.82) is 0 Å². The van der Waals surface area contributed by atoms with Crippen LogP contribution < -0.4 is 16.0 Å². The van der Waals surface area contributed by atoms with Crippen molar-refractivity contribution in [1.82, 2.24) is 15.3 Å². The number of urea groups is 1. The summed E-state index contributed by atoms with van der Waals surface area (Å²) in [6.45, 7) is -0.175. The minimum atomic E-state index is -0.495. The molecule has 4 aromatic rings. The number of pyridine rings is 1. The number of benzene rings is 2. The predicted octanol–water partition coefficient (Wildman–Crippen LogP) is 4.12. The Morgan fingerprint density at radius 1 is 0.931 bits per heavy atom. The molecule has 7 nitrogen and oxygen atoms in total. The Labute approximate surface area is 170 Å². The van der Waals surface area contributed by atoms with Crippen molar-refractivity contribution in [3.05, 3.63) is 72.2 Å². The smallest absolute Gasteiger partial charge is 0.321 e. The molecule has 2 aromatic heterocycles. The quantitative estimate of drug-likeness (QED) is 0.467. The van der Waals surface area contributed by atoms with Crippen molar-refractivity contribution in [3.8, 4) is 11.3 Å². The summed E-state index contributed by atoms with van der Waals surface area (Å²) in [5.74, 6) is -0.345. The summed E-state index contributed by atoms with van der Waals surface area (Å²) < 4.78 is 0. The molecular formula is C21H17N5O2S. The summed E-state index contributed by atoms with van der Waals surface area (Å²) >= 11 is 1.32. The van der Waals surface area contributed by atoms with Gasteiger partial charge in [-0.25, -0.2) is 9.78 Å². The van der Waals surface area contributed by atoms with Crippen molar-refractivity contribution in [2.45, 2.75) is 0 Å². The first-order chi connectivity index (χ1) is 14.2. The minimum absolute atomic E-state index is 0.175. The standard InChI is InChI=1S/C21H17N5O2S/c27-18(24-16-10-4-8-15-9-5-11-22-19(15)16)12-23-20(28)26-21-25-17(13-29-21)14-6-2-1-3-7-14/h1-11,13H,12H2,(H,24,27)(H2,23,25,26,28). The van der Waals surface area contributed by atoms with E-state index in [0.717, 1.165) is 16.6 Å². The normalized spacial score (nSPS) is 10.5. The second kappa shape index (κ2) is 8.49.